The zero-order valence-corrected chi connectivity index (χ0v) is 16.2. The van der Waals surface area contributed by atoms with Crippen LogP contribution in [0.5, 0.6) is 0 Å². The van der Waals surface area contributed by atoms with E-state index in [9.17, 15) is 9.59 Å². The number of carbonyl (C=O) groups is 2. The molecular weight excluding hydrogens is 332 g/mol. The molecule has 150 valence electrons. The average Bonchev–Trinajstić information content (AvgIpc) is 2.64. The summed E-state index contributed by atoms with van der Waals surface area (Å²) in [4.78, 5) is 22.4. The molecule has 0 radical (unpaired) electrons. The summed E-state index contributed by atoms with van der Waals surface area (Å²) in [5.74, 6) is -1.73. The molecule has 0 heterocycles. The minimum Gasteiger partial charge on any atom is -0.393 e. The third-order valence-corrected chi connectivity index (χ3v) is 3.99. The van der Waals surface area contributed by atoms with Crippen molar-refractivity contribution in [2.75, 3.05) is 6.61 Å². The number of esters is 2. The first kappa shape index (κ1) is 24.5. The van der Waals surface area contributed by atoms with Crippen LogP contribution in [0.4, 0.5) is 0 Å². The minimum atomic E-state index is -1.64. The van der Waals surface area contributed by atoms with Gasteiger partial charge in [0.25, 0.3) is 0 Å². The Morgan fingerprint density at radius 2 is 1.46 bits per heavy atom. The molecule has 0 amide bonds. The largest absolute Gasteiger partial charge is 0.393 e. The molecule has 0 bridgehead atoms. The summed E-state index contributed by atoms with van der Waals surface area (Å²) in [5.41, 5.74) is 0. The maximum atomic E-state index is 11.4. The quantitative estimate of drug-likeness (QED) is 0.184. The number of unbranched alkanes of at least 4 members (excludes halogenated alkanes) is 8. The Kier molecular flexibility index (Phi) is 17.3. The Morgan fingerprint density at radius 3 is 2.08 bits per heavy atom. The van der Waals surface area contributed by atoms with Gasteiger partial charge in [-0.1, -0.05) is 63.3 Å². The Bertz CT molecular complexity index is 415. The van der Waals surface area contributed by atoms with Gasteiger partial charge in [0.05, 0.1) is 6.61 Å². The van der Waals surface area contributed by atoms with E-state index in [2.05, 4.69) is 36.0 Å². The molecular formula is C21H36O5. The first-order valence-electron chi connectivity index (χ1n) is 9.95. The van der Waals surface area contributed by atoms with Gasteiger partial charge in [0, 0.05) is 6.42 Å². The average molecular weight is 369 g/mol. The summed E-state index contributed by atoms with van der Waals surface area (Å²) in [6, 6.07) is 0. The first-order valence-corrected chi connectivity index (χ1v) is 9.95. The van der Waals surface area contributed by atoms with Crippen LogP contribution in [0.2, 0.25) is 0 Å². The van der Waals surface area contributed by atoms with E-state index in [4.69, 9.17) is 10.2 Å². The second kappa shape index (κ2) is 18.3. The highest BCUT2D eigenvalue weighted by Crippen LogP contribution is 2.09. The Hall–Kier alpha value is -1.46. The van der Waals surface area contributed by atoms with Crippen LogP contribution in [0.1, 0.15) is 84.0 Å². The molecule has 5 heteroatoms. The predicted molar refractivity (Wildman–Crippen MR) is 104 cm³/mol. The van der Waals surface area contributed by atoms with E-state index in [1.165, 1.54) is 25.7 Å². The monoisotopic (exact) mass is 368 g/mol. The van der Waals surface area contributed by atoms with E-state index < -0.39 is 24.6 Å². The lowest BCUT2D eigenvalue weighted by Gasteiger charge is -2.06. The van der Waals surface area contributed by atoms with Gasteiger partial charge < -0.3 is 14.9 Å². The second-order valence-electron chi connectivity index (χ2n) is 6.47. The number of aliphatic hydroxyl groups is 2. The highest BCUT2D eigenvalue weighted by molar-refractivity contribution is 5.87. The number of ether oxygens (including phenoxy) is 1. The van der Waals surface area contributed by atoms with Gasteiger partial charge in [-0.25, -0.2) is 4.79 Å². The lowest BCUT2D eigenvalue weighted by molar-refractivity contribution is -0.167. The molecule has 1 atom stereocenters. The van der Waals surface area contributed by atoms with Gasteiger partial charge in [-0.2, -0.15) is 0 Å². The summed E-state index contributed by atoms with van der Waals surface area (Å²) >= 11 is 0. The van der Waals surface area contributed by atoms with Gasteiger partial charge in [-0.3, -0.25) is 4.79 Å². The van der Waals surface area contributed by atoms with Crippen molar-refractivity contribution in [1.29, 1.82) is 0 Å². The molecule has 0 spiro atoms. The molecule has 0 aliphatic carbocycles. The SMILES string of the molecule is CCCCC/C=C\C/C=C\CCCCCCCC(=O)OC(=O)C(O)CO. The van der Waals surface area contributed by atoms with Crippen molar-refractivity contribution >= 4 is 11.9 Å². The fourth-order valence-corrected chi connectivity index (χ4v) is 2.39. The Labute approximate surface area is 158 Å². The van der Waals surface area contributed by atoms with Crippen molar-refractivity contribution in [2.24, 2.45) is 0 Å². The van der Waals surface area contributed by atoms with Crippen LogP contribution in [0.25, 0.3) is 0 Å². The first-order chi connectivity index (χ1) is 12.6. The highest BCUT2D eigenvalue weighted by atomic mass is 16.6. The van der Waals surface area contributed by atoms with Gasteiger partial charge in [0.2, 0.25) is 0 Å². The fourth-order valence-electron chi connectivity index (χ4n) is 2.39. The van der Waals surface area contributed by atoms with Gasteiger partial charge in [0.1, 0.15) is 0 Å². The van der Waals surface area contributed by atoms with E-state index in [1.54, 1.807) is 0 Å². The molecule has 26 heavy (non-hydrogen) atoms. The standard InChI is InChI=1S/C21H36O5/c1-2-3-4-5-6-7-8-9-10-11-12-13-14-15-16-17-20(24)26-21(25)19(23)18-22/h6-7,9-10,19,22-23H,2-5,8,11-18H2,1H3/b7-6-,10-9-. The number of carbonyl (C=O) groups excluding carboxylic acids is 2. The van der Waals surface area contributed by atoms with E-state index in [0.29, 0.717) is 6.42 Å². The molecule has 2 N–H and O–H groups in total. The normalized spacial score (nSPS) is 12.7. The molecule has 0 aliphatic heterocycles. The number of aliphatic hydroxyl groups excluding tert-OH is 2. The topological polar surface area (TPSA) is 83.8 Å². The van der Waals surface area contributed by atoms with Crippen LogP contribution in [-0.4, -0.2) is 34.9 Å². The van der Waals surface area contributed by atoms with Crippen LogP contribution in [-0.2, 0) is 14.3 Å². The van der Waals surface area contributed by atoms with Crippen molar-refractivity contribution < 1.29 is 24.5 Å². The summed E-state index contributed by atoms with van der Waals surface area (Å²) in [7, 11) is 0. The molecule has 0 rings (SSSR count). The lowest BCUT2D eigenvalue weighted by atomic mass is 10.1. The van der Waals surface area contributed by atoms with E-state index in [-0.39, 0.29) is 6.42 Å². The van der Waals surface area contributed by atoms with Gasteiger partial charge in [-0.15, -0.1) is 0 Å². The van der Waals surface area contributed by atoms with Gasteiger partial charge in [0.15, 0.2) is 6.10 Å². The Morgan fingerprint density at radius 1 is 0.885 bits per heavy atom. The maximum absolute atomic E-state index is 11.4. The molecule has 1 unspecified atom stereocenters. The summed E-state index contributed by atoms with van der Waals surface area (Å²) in [6.07, 6.45) is 19.5. The number of allylic oxidation sites excluding steroid dienone is 4. The molecule has 0 saturated heterocycles. The van der Waals surface area contributed by atoms with Crippen LogP contribution in [0.3, 0.4) is 0 Å². The van der Waals surface area contributed by atoms with Gasteiger partial charge in [-0.05, 0) is 38.5 Å². The number of rotatable bonds is 16. The van der Waals surface area contributed by atoms with E-state index in [0.717, 1.165) is 38.5 Å². The van der Waals surface area contributed by atoms with Crippen molar-refractivity contribution in [2.45, 2.75) is 90.1 Å². The molecule has 0 aromatic carbocycles. The zero-order valence-electron chi connectivity index (χ0n) is 16.2. The van der Waals surface area contributed by atoms with Crippen LogP contribution < -0.4 is 0 Å². The zero-order chi connectivity index (χ0) is 19.5. The van der Waals surface area contributed by atoms with Crippen molar-refractivity contribution in [3.8, 4) is 0 Å². The fraction of sp³-hybridized carbons (Fsp3) is 0.714. The third kappa shape index (κ3) is 16.0. The summed E-state index contributed by atoms with van der Waals surface area (Å²) in [5, 5.41) is 17.6. The third-order valence-electron chi connectivity index (χ3n) is 3.99. The van der Waals surface area contributed by atoms with Crippen LogP contribution in [0.15, 0.2) is 24.3 Å². The molecule has 0 aromatic rings. The van der Waals surface area contributed by atoms with E-state index >= 15 is 0 Å². The molecule has 0 fully saturated rings. The highest BCUT2D eigenvalue weighted by Gasteiger charge is 2.18. The maximum Gasteiger partial charge on any atom is 0.345 e. The van der Waals surface area contributed by atoms with Crippen LogP contribution >= 0.6 is 0 Å². The second-order valence-corrected chi connectivity index (χ2v) is 6.47. The molecule has 0 aliphatic rings. The predicted octanol–water partition coefficient (Wildman–Crippen LogP) is 4.22. The summed E-state index contributed by atoms with van der Waals surface area (Å²) < 4.78 is 4.42. The van der Waals surface area contributed by atoms with Crippen molar-refractivity contribution in [3.63, 3.8) is 0 Å². The summed E-state index contributed by atoms with van der Waals surface area (Å²) in [6.45, 7) is 1.48. The van der Waals surface area contributed by atoms with Gasteiger partial charge >= 0.3 is 11.9 Å². The van der Waals surface area contributed by atoms with Crippen LogP contribution in [0, 0.1) is 0 Å². The molecule has 0 aromatic heterocycles. The van der Waals surface area contributed by atoms with E-state index in [1.807, 2.05) is 0 Å². The molecule has 0 saturated carbocycles. The lowest BCUT2D eigenvalue weighted by Crippen LogP contribution is -2.28. The number of hydrogen-bond donors (Lipinski definition) is 2. The van der Waals surface area contributed by atoms with Crippen molar-refractivity contribution in [1.82, 2.24) is 0 Å². The molecule has 5 nitrogen and oxygen atoms in total. The van der Waals surface area contributed by atoms with Crippen molar-refractivity contribution in [3.05, 3.63) is 24.3 Å². The Balaban J connectivity index is 3.41. The smallest absolute Gasteiger partial charge is 0.345 e. The number of hydrogen-bond acceptors (Lipinski definition) is 5. The minimum absolute atomic E-state index is 0.161.